The summed E-state index contributed by atoms with van der Waals surface area (Å²) in [6.07, 6.45) is 1.71. The molecule has 6 heteroatoms. The molecule has 2 aromatic rings. The number of hydrogen-bond donors (Lipinski definition) is 1. The minimum Gasteiger partial charge on any atom is -0.468 e. The van der Waals surface area contributed by atoms with E-state index in [2.05, 4.69) is 31.0 Å². The van der Waals surface area contributed by atoms with Gasteiger partial charge in [0.25, 0.3) is 0 Å². The van der Waals surface area contributed by atoms with E-state index >= 15 is 0 Å². The maximum atomic E-state index is 12.4. The minimum atomic E-state index is -0.139. The first-order chi connectivity index (χ1) is 11.6. The van der Waals surface area contributed by atoms with Crippen molar-refractivity contribution < 1.29 is 9.21 Å². The van der Waals surface area contributed by atoms with Crippen molar-refractivity contribution in [3.8, 4) is 0 Å². The maximum absolute atomic E-state index is 12.4. The first-order valence-electron chi connectivity index (χ1n) is 8.17. The lowest BCUT2D eigenvalue weighted by molar-refractivity contribution is -0.121. The van der Waals surface area contributed by atoms with Crippen molar-refractivity contribution in [2.24, 2.45) is 0 Å². The average Bonchev–Trinajstić information content (AvgIpc) is 3.10. The predicted octanol–water partition coefficient (Wildman–Crippen LogP) is 3.19. The van der Waals surface area contributed by atoms with E-state index in [0.717, 1.165) is 48.6 Å². The molecule has 3 rings (SSSR count). The zero-order valence-corrected chi connectivity index (χ0v) is 15.3. The highest BCUT2D eigenvalue weighted by Gasteiger charge is 2.25. The Morgan fingerprint density at radius 3 is 2.54 bits per heavy atom. The molecule has 128 valence electrons. The van der Waals surface area contributed by atoms with Gasteiger partial charge in [-0.25, -0.2) is 0 Å². The van der Waals surface area contributed by atoms with Gasteiger partial charge in [-0.1, -0.05) is 15.9 Å². The molecular weight excluding hydrogens is 370 g/mol. The number of halogens is 1. The molecule has 0 spiro atoms. The van der Waals surface area contributed by atoms with E-state index in [1.807, 2.05) is 43.3 Å². The average molecular weight is 392 g/mol. The fraction of sp³-hybridized carbons (Fsp3) is 0.389. The summed E-state index contributed by atoms with van der Waals surface area (Å²) in [6.45, 7) is 6.45. The van der Waals surface area contributed by atoms with Crippen LogP contribution in [0.25, 0.3) is 0 Å². The second-order valence-electron chi connectivity index (χ2n) is 6.06. The monoisotopic (exact) mass is 391 g/mol. The predicted molar refractivity (Wildman–Crippen MR) is 97.8 cm³/mol. The normalized spacial score (nSPS) is 17.6. The summed E-state index contributed by atoms with van der Waals surface area (Å²) in [5, 5.41) is 2.98. The number of hydrogen-bond acceptors (Lipinski definition) is 4. The molecule has 1 aliphatic rings. The van der Waals surface area contributed by atoms with Crippen LogP contribution in [-0.4, -0.2) is 47.9 Å². The van der Waals surface area contributed by atoms with Crippen LogP contribution < -0.4 is 5.32 Å². The first-order valence-corrected chi connectivity index (χ1v) is 8.96. The van der Waals surface area contributed by atoms with Gasteiger partial charge in [0, 0.05) is 36.3 Å². The van der Waals surface area contributed by atoms with Crippen LogP contribution in [0.15, 0.2) is 51.6 Å². The van der Waals surface area contributed by atoms with Gasteiger partial charge in [0.15, 0.2) is 0 Å². The molecule has 2 heterocycles. The number of furan rings is 1. The fourth-order valence-corrected chi connectivity index (χ4v) is 3.14. The van der Waals surface area contributed by atoms with Crippen molar-refractivity contribution in [3.05, 3.63) is 52.9 Å². The molecule has 1 aliphatic heterocycles. The molecule has 0 saturated carbocycles. The van der Waals surface area contributed by atoms with E-state index in [1.165, 1.54) is 0 Å². The van der Waals surface area contributed by atoms with Crippen molar-refractivity contribution in [2.45, 2.75) is 19.5 Å². The van der Waals surface area contributed by atoms with Gasteiger partial charge >= 0.3 is 0 Å². The number of nitrogens with zero attached hydrogens (tertiary/aromatic N) is 2. The molecular formula is C18H22BrN3O2. The number of amides is 1. The van der Waals surface area contributed by atoms with Crippen LogP contribution in [0.2, 0.25) is 0 Å². The van der Waals surface area contributed by atoms with Crippen molar-refractivity contribution in [1.82, 2.24) is 9.80 Å². The number of benzene rings is 1. The third-order valence-corrected chi connectivity index (χ3v) is 4.93. The molecule has 1 fully saturated rings. The zero-order valence-electron chi connectivity index (χ0n) is 13.7. The standard InChI is InChI=1S/C18H22BrN3O2/c1-14(18(23)20-16-6-4-15(19)5-7-16)22-10-8-21(9-11-22)13-17-3-2-12-24-17/h2-7,12,14H,8-11,13H2,1H3,(H,20,23)/t14-/m0/s1. The lowest BCUT2D eigenvalue weighted by atomic mass is 10.2. The number of piperazine rings is 1. The molecule has 1 N–H and O–H groups in total. The number of carbonyl (C=O) groups is 1. The molecule has 1 atom stereocenters. The highest BCUT2D eigenvalue weighted by molar-refractivity contribution is 9.10. The Morgan fingerprint density at radius 2 is 1.92 bits per heavy atom. The molecule has 24 heavy (non-hydrogen) atoms. The molecule has 1 aromatic carbocycles. The Labute approximate surface area is 150 Å². The third kappa shape index (κ3) is 4.47. The van der Waals surface area contributed by atoms with E-state index < -0.39 is 0 Å². The number of rotatable bonds is 5. The number of anilines is 1. The van der Waals surface area contributed by atoms with Crippen LogP contribution in [0, 0.1) is 0 Å². The van der Waals surface area contributed by atoms with E-state index in [4.69, 9.17) is 4.42 Å². The van der Waals surface area contributed by atoms with Crippen molar-refractivity contribution in [1.29, 1.82) is 0 Å². The second kappa shape index (κ2) is 7.96. The summed E-state index contributed by atoms with van der Waals surface area (Å²) < 4.78 is 6.40. The lowest BCUT2D eigenvalue weighted by Crippen LogP contribution is -2.52. The molecule has 0 aliphatic carbocycles. The SMILES string of the molecule is C[C@@H](C(=O)Nc1ccc(Br)cc1)N1CCN(Cc2ccco2)CC1. The molecule has 0 unspecified atom stereocenters. The topological polar surface area (TPSA) is 48.7 Å². The summed E-state index contributed by atoms with van der Waals surface area (Å²) in [6, 6.07) is 11.4. The van der Waals surface area contributed by atoms with Crippen LogP contribution in [0.1, 0.15) is 12.7 Å². The van der Waals surface area contributed by atoms with Gasteiger partial charge in [0.2, 0.25) is 5.91 Å². The molecule has 0 bridgehead atoms. The van der Waals surface area contributed by atoms with E-state index in [0.29, 0.717) is 0 Å². The van der Waals surface area contributed by atoms with Crippen LogP contribution in [0.3, 0.4) is 0 Å². The number of nitrogens with one attached hydrogen (secondary N) is 1. The summed E-state index contributed by atoms with van der Waals surface area (Å²) in [5.74, 6) is 1.03. The van der Waals surface area contributed by atoms with Gasteiger partial charge in [-0.2, -0.15) is 0 Å². The van der Waals surface area contributed by atoms with Gasteiger partial charge in [-0.05, 0) is 43.3 Å². The second-order valence-corrected chi connectivity index (χ2v) is 6.98. The molecule has 5 nitrogen and oxygen atoms in total. The Balaban J connectivity index is 1.48. The van der Waals surface area contributed by atoms with E-state index in [-0.39, 0.29) is 11.9 Å². The quantitative estimate of drug-likeness (QED) is 0.849. The highest BCUT2D eigenvalue weighted by Crippen LogP contribution is 2.16. The summed E-state index contributed by atoms with van der Waals surface area (Å²) >= 11 is 3.40. The van der Waals surface area contributed by atoms with Crippen LogP contribution >= 0.6 is 15.9 Å². The van der Waals surface area contributed by atoms with Gasteiger partial charge in [0.1, 0.15) is 5.76 Å². The van der Waals surface area contributed by atoms with Gasteiger partial charge in [-0.3, -0.25) is 14.6 Å². The Hall–Kier alpha value is -1.63. The largest absolute Gasteiger partial charge is 0.468 e. The number of carbonyl (C=O) groups excluding carboxylic acids is 1. The van der Waals surface area contributed by atoms with Crippen molar-refractivity contribution >= 4 is 27.5 Å². The van der Waals surface area contributed by atoms with Crippen molar-refractivity contribution in [2.75, 3.05) is 31.5 Å². The van der Waals surface area contributed by atoms with Crippen LogP contribution in [-0.2, 0) is 11.3 Å². The molecule has 1 aromatic heterocycles. The molecule has 1 amide bonds. The summed E-state index contributed by atoms with van der Waals surface area (Å²) in [7, 11) is 0. The maximum Gasteiger partial charge on any atom is 0.241 e. The first kappa shape index (κ1) is 17.2. The Bertz CT molecular complexity index is 649. The van der Waals surface area contributed by atoms with Crippen molar-refractivity contribution in [3.63, 3.8) is 0 Å². The van der Waals surface area contributed by atoms with E-state index in [1.54, 1.807) is 6.26 Å². The summed E-state index contributed by atoms with van der Waals surface area (Å²) in [4.78, 5) is 17.0. The fourth-order valence-electron chi connectivity index (χ4n) is 2.88. The third-order valence-electron chi connectivity index (χ3n) is 4.41. The highest BCUT2D eigenvalue weighted by atomic mass is 79.9. The molecule has 1 saturated heterocycles. The van der Waals surface area contributed by atoms with E-state index in [9.17, 15) is 4.79 Å². The van der Waals surface area contributed by atoms with Crippen LogP contribution in [0.4, 0.5) is 5.69 Å². The zero-order chi connectivity index (χ0) is 16.9. The smallest absolute Gasteiger partial charge is 0.241 e. The Kier molecular flexibility index (Phi) is 5.71. The van der Waals surface area contributed by atoms with Crippen LogP contribution in [0.5, 0.6) is 0 Å². The Morgan fingerprint density at radius 1 is 1.21 bits per heavy atom. The van der Waals surface area contributed by atoms with Gasteiger partial charge < -0.3 is 9.73 Å². The van der Waals surface area contributed by atoms with Gasteiger partial charge in [0.05, 0.1) is 18.8 Å². The molecule has 0 radical (unpaired) electrons. The van der Waals surface area contributed by atoms with Gasteiger partial charge in [-0.15, -0.1) is 0 Å². The minimum absolute atomic E-state index is 0.0387. The lowest BCUT2D eigenvalue weighted by Gasteiger charge is -2.37. The summed E-state index contributed by atoms with van der Waals surface area (Å²) in [5.41, 5.74) is 0.825.